The Balaban J connectivity index is 1.39. The minimum absolute atomic E-state index is 0.286. The molecule has 0 aliphatic rings. The van der Waals surface area contributed by atoms with Gasteiger partial charge < -0.3 is 9.47 Å². The highest BCUT2D eigenvalue weighted by Gasteiger charge is 2.19. The molecule has 0 saturated carbocycles. The van der Waals surface area contributed by atoms with Crippen molar-refractivity contribution in [2.24, 2.45) is 5.10 Å². The molecule has 9 heteroatoms. The molecular formula is C24H16ClFN2O4S. The summed E-state index contributed by atoms with van der Waals surface area (Å²) in [7, 11) is 1.57. The van der Waals surface area contributed by atoms with Crippen LogP contribution < -0.4 is 14.9 Å². The summed E-state index contributed by atoms with van der Waals surface area (Å²) >= 11 is 7.60. The van der Waals surface area contributed by atoms with E-state index in [0.717, 1.165) is 10.1 Å². The molecule has 0 bridgehead atoms. The number of ether oxygens (including phenoxy) is 2. The maximum absolute atomic E-state index is 12.9. The molecule has 0 spiro atoms. The van der Waals surface area contributed by atoms with Crippen LogP contribution >= 0.6 is 22.9 Å². The van der Waals surface area contributed by atoms with E-state index in [1.807, 2.05) is 6.07 Å². The number of nitrogens with one attached hydrogen (secondary N) is 1. The zero-order valence-electron chi connectivity index (χ0n) is 17.2. The Bertz CT molecular complexity index is 1350. The van der Waals surface area contributed by atoms with Crippen LogP contribution in [0.4, 0.5) is 4.39 Å². The summed E-state index contributed by atoms with van der Waals surface area (Å²) in [4.78, 5) is 24.9. The predicted octanol–water partition coefficient (Wildman–Crippen LogP) is 5.69. The van der Waals surface area contributed by atoms with Crippen molar-refractivity contribution in [3.63, 3.8) is 0 Å². The third kappa shape index (κ3) is 5.19. The summed E-state index contributed by atoms with van der Waals surface area (Å²) in [5.74, 6) is -0.446. The van der Waals surface area contributed by atoms with Crippen molar-refractivity contribution >= 4 is 51.1 Å². The van der Waals surface area contributed by atoms with E-state index in [-0.39, 0.29) is 5.56 Å². The van der Waals surface area contributed by atoms with Crippen molar-refractivity contribution in [2.45, 2.75) is 0 Å². The van der Waals surface area contributed by atoms with Gasteiger partial charge in [0.2, 0.25) is 0 Å². The average Bonchev–Trinajstić information content (AvgIpc) is 3.16. The molecule has 0 saturated heterocycles. The Morgan fingerprint density at radius 3 is 2.42 bits per heavy atom. The van der Waals surface area contributed by atoms with Crippen molar-refractivity contribution in [2.75, 3.05) is 7.11 Å². The summed E-state index contributed by atoms with van der Waals surface area (Å²) in [5, 5.41) is 4.97. The molecule has 4 rings (SSSR count). The highest BCUT2D eigenvalue weighted by molar-refractivity contribution is 7.21. The molecule has 166 valence electrons. The first-order valence-electron chi connectivity index (χ1n) is 9.62. The van der Waals surface area contributed by atoms with Crippen LogP contribution in [0, 0.1) is 5.82 Å². The normalized spacial score (nSPS) is 11.0. The molecule has 4 aromatic rings. The molecule has 0 aliphatic heterocycles. The molecule has 0 atom stereocenters. The van der Waals surface area contributed by atoms with Crippen LogP contribution in [0.1, 0.15) is 25.6 Å². The topological polar surface area (TPSA) is 77.0 Å². The molecule has 1 aromatic heterocycles. The lowest BCUT2D eigenvalue weighted by molar-refractivity contribution is 0.0739. The second-order valence-corrected chi connectivity index (χ2v) is 8.20. The van der Waals surface area contributed by atoms with Crippen molar-refractivity contribution in [1.82, 2.24) is 5.43 Å². The molecule has 33 heavy (non-hydrogen) atoms. The van der Waals surface area contributed by atoms with Gasteiger partial charge in [0.1, 0.15) is 22.2 Å². The molecule has 0 fully saturated rings. The number of hydrazone groups is 1. The number of rotatable bonds is 6. The molecular weight excluding hydrogens is 467 g/mol. The molecule has 1 heterocycles. The number of nitrogens with zero attached hydrogens (tertiary/aromatic N) is 1. The molecule has 3 aromatic carbocycles. The van der Waals surface area contributed by atoms with E-state index in [1.54, 1.807) is 43.5 Å². The minimum atomic E-state index is -0.562. The van der Waals surface area contributed by atoms with Crippen LogP contribution in [0.2, 0.25) is 5.02 Å². The van der Waals surface area contributed by atoms with Crippen LogP contribution in [-0.4, -0.2) is 25.2 Å². The van der Waals surface area contributed by atoms with Crippen molar-refractivity contribution in [3.8, 4) is 11.5 Å². The Morgan fingerprint density at radius 2 is 1.73 bits per heavy atom. The maximum atomic E-state index is 12.9. The number of benzene rings is 3. The summed E-state index contributed by atoms with van der Waals surface area (Å²) in [5.41, 5.74) is 3.32. The average molecular weight is 483 g/mol. The van der Waals surface area contributed by atoms with E-state index < -0.39 is 17.7 Å². The summed E-state index contributed by atoms with van der Waals surface area (Å²) in [6.45, 7) is 0. The maximum Gasteiger partial charge on any atom is 0.355 e. The predicted molar refractivity (Wildman–Crippen MR) is 126 cm³/mol. The van der Waals surface area contributed by atoms with Crippen LogP contribution in [-0.2, 0) is 0 Å². The highest BCUT2D eigenvalue weighted by Crippen LogP contribution is 2.37. The number of amides is 1. The van der Waals surface area contributed by atoms with Crippen molar-refractivity contribution < 1.29 is 23.5 Å². The van der Waals surface area contributed by atoms with Gasteiger partial charge in [0.15, 0.2) is 0 Å². The van der Waals surface area contributed by atoms with Crippen molar-refractivity contribution in [1.29, 1.82) is 0 Å². The fourth-order valence-electron chi connectivity index (χ4n) is 2.91. The van der Waals surface area contributed by atoms with Gasteiger partial charge >= 0.3 is 5.97 Å². The third-order valence-corrected chi connectivity index (χ3v) is 6.24. The Labute approximate surface area is 197 Å². The second-order valence-electron chi connectivity index (χ2n) is 6.77. The van der Waals surface area contributed by atoms with Gasteiger partial charge in [-0.25, -0.2) is 14.6 Å². The van der Waals surface area contributed by atoms with E-state index in [1.165, 1.54) is 41.8 Å². The standard InChI is InChI=1S/C24H16ClFN2O4S/c1-31-18-10-11-19-20(12-18)33-22(21(19)25)24(30)32-17-8-2-14(3-9-17)13-27-28-23(29)15-4-6-16(26)7-5-15/h2-13H,1H3,(H,28,29)/b27-13+. The number of esters is 1. The number of halogens is 2. The zero-order chi connectivity index (χ0) is 23.4. The lowest BCUT2D eigenvalue weighted by atomic mass is 10.2. The largest absolute Gasteiger partial charge is 0.497 e. The monoisotopic (exact) mass is 482 g/mol. The van der Waals surface area contributed by atoms with E-state index in [0.29, 0.717) is 27.0 Å². The number of carbonyl (C=O) groups is 2. The van der Waals surface area contributed by atoms with E-state index in [4.69, 9.17) is 21.1 Å². The molecule has 0 aliphatic carbocycles. The van der Waals surface area contributed by atoms with Crippen LogP contribution in [0.25, 0.3) is 10.1 Å². The molecule has 0 radical (unpaired) electrons. The number of hydrogen-bond donors (Lipinski definition) is 1. The van der Waals surface area contributed by atoms with Crippen LogP contribution in [0.3, 0.4) is 0 Å². The van der Waals surface area contributed by atoms with Gasteiger partial charge in [-0.3, -0.25) is 4.79 Å². The summed E-state index contributed by atoms with van der Waals surface area (Å²) in [6.07, 6.45) is 1.43. The lowest BCUT2D eigenvalue weighted by Crippen LogP contribution is -2.17. The van der Waals surface area contributed by atoms with Crippen molar-refractivity contribution in [3.05, 3.63) is 93.6 Å². The quantitative estimate of drug-likeness (QED) is 0.166. The summed E-state index contributed by atoms with van der Waals surface area (Å²) < 4.78 is 24.4. The SMILES string of the molecule is COc1ccc2c(Cl)c(C(=O)Oc3ccc(/C=N/NC(=O)c4ccc(F)cc4)cc3)sc2c1. The number of thiophene rings is 1. The zero-order valence-corrected chi connectivity index (χ0v) is 18.7. The van der Waals surface area contributed by atoms with Gasteiger partial charge in [0, 0.05) is 15.6 Å². The summed E-state index contributed by atoms with van der Waals surface area (Å²) in [6, 6.07) is 17.1. The van der Waals surface area contributed by atoms with Gasteiger partial charge in [-0.15, -0.1) is 11.3 Å². The van der Waals surface area contributed by atoms with E-state index in [2.05, 4.69) is 10.5 Å². The van der Waals surface area contributed by atoms with Gasteiger partial charge in [0.05, 0.1) is 18.3 Å². The van der Waals surface area contributed by atoms with Crippen LogP contribution in [0.15, 0.2) is 71.8 Å². The fraction of sp³-hybridized carbons (Fsp3) is 0.0417. The van der Waals surface area contributed by atoms with Gasteiger partial charge in [-0.1, -0.05) is 11.6 Å². The first-order chi connectivity index (χ1) is 15.9. The van der Waals surface area contributed by atoms with Gasteiger partial charge in [-0.05, 0) is 72.3 Å². The van der Waals surface area contributed by atoms with Gasteiger partial charge in [-0.2, -0.15) is 5.10 Å². The number of carbonyl (C=O) groups excluding carboxylic acids is 2. The highest BCUT2D eigenvalue weighted by atomic mass is 35.5. The Hall–Kier alpha value is -3.75. The molecule has 6 nitrogen and oxygen atoms in total. The smallest absolute Gasteiger partial charge is 0.355 e. The number of hydrogen-bond acceptors (Lipinski definition) is 6. The van der Waals surface area contributed by atoms with Crippen LogP contribution in [0.5, 0.6) is 11.5 Å². The number of fused-ring (bicyclic) bond motifs is 1. The van der Waals surface area contributed by atoms with E-state index >= 15 is 0 Å². The second kappa shape index (κ2) is 9.81. The molecule has 1 amide bonds. The lowest BCUT2D eigenvalue weighted by Gasteiger charge is -2.03. The third-order valence-electron chi connectivity index (χ3n) is 4.60. The fourth-order valence-corrected chi connectivity index (χ4v) is 4.32. The first-order valence-corrected chi connectivity index (χ1v) is 10.8. The molecule has 1 N–H and O–H groups in total. The first kappa shape index (κ1) is 22.4. The number of methoxy groups -OCH3 is 1. The molecule has 0 unspecified atom stereocenters. The Kier molecular flexibility index (Phi) is 6.67. The Morgan fingerprint density at radius 1 is 1.03 bits per heavy atom. The van der Waals surface area contributed by atoms with Gasteiger partial charge in [0.25, 0.3) is 5.91 Å². The minimum Gasteiger partial charge on any atom is -0.497 e. The van der Waals surface area contributed by atoms with E-state index in [9.17, 15) is 14.0 Å².